The maximum atomic E-state index is 12.6. The number of sulfonamides is 1. The van der Waals surface area contributed by atoms with Gasteiger partial charge in [-0.2, -0.15) is 4.72 Å². The minimum atomic E-state index is -4.00. The fourth-order valence-corrected chi connectivity index (χ4v) is 4.16. The summed E-state index contributed by atoms with van der Waals surface area (Å²) in [6, 6.07) is 9.17. The van der Waals surface area contributed by atoms with Gasteiger partial charge in [0.2, 0.25) is 16.8 Å². The summed E-state index contributed by atoms with van der Waals surface area (Å²) in [6.45, 7) is 2.83. The van der Waals surface area contributed by atoms with Gasteiger partial charge in [0.05, 0.1) is 4.90 Å². The van der Waals surface area contributed by atoms with Gasteiger partial charge >= 0.3 is 5.97 Å². The van der Waals surface area contributed by atoms with Crippen molar-refractivity contribution in [3.05, 3.63) is 47.5 Å². The van der Waals surface area contributed by atoms with Crippen molar-refractivity contribution in [1.29, 1.82) is 0 Å². The molecule has 0 saturated carbocycles. The van der Waals surface area contributed by atoms with E-state index in [1.165, 1.54) is 24.3 Å². The first kappa shape index (κ1) is 22.9. The number of halogens is 1. The number of nitrogens with one attached hydrogen (secondary N) is 2. The molecule has 2 aromatic rings. The molecule has 1 heterocycles. The first-order valence-corrected chi connectivity index (χ1v) is 11.2. The Labute approximate surface area is 184 Å². The van der Waals surface area contributed by atoms with Crippen molar-refractivity contribution >= 4 is 39.2 Å². The van der Waals surface area contributed by atoms with Gasteiger partial charge in [0, 0.05) is 16.8 Å². The molecule has 166 valence electrons. The Morgan fingerprint density at radius 2 is 1.77 bits per heavy atom. The second-order valence-corrected chi connectivity index (χ2v) is 9.17. The molecule has 9 nitrogen and oxygen atoms in total. The fraction of sp³-hybridized carbons (Fsp3) is 0.300. The minimum Gasteiger partial charge on any atom is -0.454 e. The summed E-state index contributed by atoms with van der Waals surface area (Å²) in [4.78, 5) is 24.6. The predicted octanol–water partition coefficient (Wildman–Crippen LogP) is 2.55. The summed E-state index contributed by atoms with van der Waals surface area (Å²) in [5.41, 5.74) is 0.439. The van der Waals surface area contributed by atoms with Gasteiger partial charge in [0.15, 0.2) is 18.1 Å². The first-order valence-electron chi connectivity index (χ1n) is 9.30. The molecule has 31 heavy (non-hydrogen) atoms. The molecule has 1 amide bonds. The number of hydrogen-bond acceptors (Lipinski definition) is 7. The topological polar surface area (TPSA) is 120 Å². The van der Waals surface area contributed by atoms with E-state index < -0.39 is 40.5 Å². The summed E-state index contributed by atoms with van der Waals surface area (Å²) in [7, 11) is -4.00. The largest absolute Gasteiger partial charge is 0.454 e. The number of carbonyl (C=O) groups is 2. The molecule has 0 aliphatic carbocycles. The van der Waals surface area contributed by atoms with Crippen molar-refractivity contribution in [1.82, 2.24) is 4.72 Å². The Morgan fingerprint density at radius 3 is 2.45 bits per heavy atom. The lowest BCUT2D eigenvalue weighted by molar-refractivity contribution is -0.150. The Balaban J connectivity index is 1.58. The van der Waals surface area contributed by atoms with Crippen LogP contribution >= 0.6 is 11.6 Å². The molecule has 0 fully saturated rings. The molecule has 0 radical (unpaired) electrons. The highest BCUT2D eigenvalue weighted by Crippen LogP contribution is 2.34. The second kappa shape index (κ2) is 9.54. The number of carbonyl (C=O) groups excluding carboxylic acids is 2. The maximum absolute atomic E-state index is 12.6. The van der Waals surface area contributed by atoms with E-state index in [-0.39, 0.29) is 11.7 Å². The lowest BCUT2D eigenvalue weighted by Crippen LogP contribution is -2.45. The molecule has 3 rings (SSSR count). The van der Waals surface area contributed by atoms with E-state index in [1.807, 2.05) is 0 Å². The van der Waals surface area contributed by atoms with Gasteiger partial charge in [-0.15, -0.1) is 0 Å². The van der Waals surface area contributed by atoms with Crippen LogP contribution in [-0.2, 0) is 24.3 Å². The lowest BCUT2D eigenvalue weighted by Gasteiger charge is -2.20. The lowest BCUT2D eigenvalue weighted by atomic mass is 10.1. The van der Waals surface area contributed by atoms with Crippen LogP contribution in [0, 0.1) is 5.92 Å². The van der Waals surface area contributed by atoms with Gasteiger partial charge in [-0.25, -0.2) is 8.42 Å². The molecule has 2 N–H and O–H groups in total. The molecule has 11 heteroatoms. The van der Waals surface area contributed by atoms with Crippen molar-refractivity contribution in [3.8, 4) is 11.5 Å². The van der Waals surface area contributed by atoms with Gasteiger partial charge in [0.1, 0.15) is 6.04 Å². The SMILES string of the molecule is CC(C)[C@@H](NS(=O)(=O)c1ccc(Cl)cc1)C(=O)OCC(=O)Nc1ccc2c(c1)OCO2. The van der Waals surface area contributed by atoms with Crippen molar-refractivity contribution in [3.63, 3.8) is 0 Å². The molecule has 1 aliphatic heterocycles. The quantitative estimate of drug-likeness (QED) is 0.571. The Hall–Kier alpha value is -2.82. The maximum Gasteiger partial charge on any atom is 0.324 e. The smallest absolute Gasteiger partial charge is 0.324 e. The van der Waals surface area contributed by atoms with Gasteiger partial charge < -0.3 is 19.5 Å². The van der Waals surface area contributed by atoms with E-state index in [4.69, 9.17) is 25.8 Å². The molecular formula is C20H21ClN2O7S. The monoisotopic (exact) mass is 468 g/mol. The number of benzene rings is 2. The number of amides is 1. The number of fused-ring (bicyclic) bond motifs is 1. The van der Waals surface area contributed by atoms with E-state index in [2.05, 4.69) is 10.0 Å². The van der Waals surface area contributed by atoms with Crippen LogP contribution in [0.1, 0.15) is 13.8 Å². The van der Waals surface area contributed by atoms with Crippen molar-refractivity contribution < 1.29 is 32.2 Å². The summed E-state index contributed by atoms with van der Waals surface area (Å²) in [5, 5.41) is 2.95. The molecule has 0 saturated heterocycles. The van der Waals surface area contributed by atoms with E-state index in [9.17, 15) is 18.0 Å². The number of hydrogen-bond donors (Lipinski definition) is 2. The summed E-state index contributed by atoms with van der Waals surface area (Å²) >= 11 is 5.78. The van der Waals surface area contributed by atoms with Crippen LogP contribution in [0.2, 0.25) is 5.02 Å². The van der Waals surface area contributed by atoms with E-state index >= 15 is 0 Å². The zero-order chi connectivity index (χ0) is 22.6. The summed E-state index contributed by atoms with van der Waals surface area (Å²) in [5.74, 6) is -0.821. The van der Waals surface area contributed by atoms with Crippen LogP contribution in [0.5, 0.6) is 11.5 Å². The molecule has 0 unspecified atom stereocenters. The third-order valence-electron chi connectivity index (χ3n) is 4.33. The van der Waals surface area contributed by atoms with Crippen LogP contribution in [0.4, 0.5) is 5.69 Å². The third-order valence-corrected chi connectivity index (χ3v) is 6.04. The number of rotatable bonds is 8. The molecular weight excluding hydrogens is 448 g/mol. The minimum absolute atomic E-state index is 0.0455. The number of anilines is 1. The third kappa shape index (κ3) is 5.87. The molecule has 0 aromatic heterocycles. The number of esters is 1. The predicted molar refractivity (Wildman–Crippen MR) is 113 cm³/mol. The molecule has 0 spiro atoms. The van der Waals surface area contributed by atoms with Gasteiger partial charge in [-0.3, -0.25) is 9.59 Å². The van der Waals surface area contributed by atoms with Crippen molar-refractivity contribution in [2.24, 2.45) is 5.92 Å². The first-order chi connectivity index (χ1) is 14.7. The van der Waals surface area contributed by atoms with Gasteiger partial charge in [-0.1, -0.05) is 25.4 Å². The van der Waals surface area contributed by atoms with Gasteiger partial charge in [-0.05, 0) is 42.3 Å². The van der Waals surface area contributed by atoms with E-state index in [1.54, 1.807) is 32.0 Å². The molecule has 0 bridgehead atoms. The summed E-state index contributed by atoms with van der Waals surface area (Å²) in [6.07, 6.45) is 0. The molecule has 1 atom stereocenters. The van der Waals surface area contributed by atoms with Crippen LogP contribution in [-0.4, -0.2) is 39.7 Å². The van der Waals surface area contributed by atoms with E-state index in [0.717, 1.165) is 0 Å². The normalized spacial score (nSPS) is 13.7. The van der Waals surface area contributed by atoms with Gasteiger partial charge in [0.25, 0.3) is 5.91 Å². The highest BCUT2D eigenvalue weighted by Gasteiger charge is 2.30. The second-order valence-electron chi connectivity index (χ2n) is 7.02. The Bertz CT molecular complexity index is 1070. The van der Waals surface area contributed by atoms with Crippen molar-refractivity contribution in [2.45, 2.75) is 24.8 Å². The standard InChI is InChI=1S/C20H21ClN2O7S/c1-12(2)19(23-31(26,27)15-6-3-13(21)4-7-15)20(25)28-10-18(24)22-14-5-8-16-17(9-14)30-11-29-16/h3-9,12,19,23H,10-11H2,1-2H3,(H,22,24)/t19-/m1/s1. The van der Waals surface area contributed by atoms with Crippen LogP contribution in [0.3, 0.4) is 0 Å². The molecule has 2 aromatic carbocycles. The van der Waals surface area contributed by atoms with Crippen molar-refractivity contribution in [2.75, 3.05) is 18.7 Å². The highest BCUT2D eigenvalue weighted by atomic mass is 35.5. The molecule has 1 aliphatic rings. The number of ether oxygens (including phenoxy) is 3. The Morgan fingerprint density at radius 1 is 1.10 bits per heavy atom. The van der Waals surface area contributed by atoms with Crippen LogP contribution in [0.25, 0.3) is 0 Å². The average molecular weight is 469 g/mol. The van der Waals surface area contributed by atoms with E-state index in [0.29, 0.717) is 22.2 Å². The highest BCUT2D eigenvalue weighted by molar-refractivity contribution is 7.89. The average Bonchev–Trinajstić information content (AvgIpc) is 3.18. The van der Waals surface area contributed by atoms with Crippen LogP contribution in [0.15, 0.2) is 47.4 Å². The summed E-state index contributed by atoms with van der Waals surface area (Å²) < 4.78 is 42.9. The van der Waals surface area contributed by atoms with Crippen LogP contribution < -0.4 is 19.5 Å². The zero-order valence-electron chi connectivity index (χ0n) is 16.8. The Kier molecular flexibility index (Phi) is 7.04. The fourth-order valence-electron chi connectivity index (χ4n) is 2.70. The zero-order valence-corrected chi connectivity index (χ0v) is 18.3.